The summed E-state index contributed by atoms with van der Waals surface area (Å²) in [6.07, 6.45) is -0.130. The van der Waals surface area contributed by atoms with Gasteiger partial charge in [0.1, 0.15) is 0 Å². The zero-order valence-corrected chi connectivity index (χ0v) is 8.81. The fourth-order valence-corrected chi connectivity index (χ4v) is 1.44. The lowest BCUT2D eigenvalue weighted by atomic mass is 9.72. The number of hydrogen-bond donors (Lipinski definition) is 2. The minimum absolute atomic E-state index is 0.130. The lowest BCUT2D eigenvalue weighted by Gasteiger charge is -2.31. The molecule has 0 radical (unpaired) electrons. The van der Waals surface area contributed by atoms with Gasteiger partial charge in [-0.15, -0.1) is 0 Å². The second-order valence-electron chi connectivity index (χ2n) is 4.31. The molecule has 0 saturated carbocycles. The molecular weight excluding hydrogens is 204 g/mol. The quantitative estimate of drug-likeness (QED) is 0.524. The van der Waals surface area contributed by atoms with Crippen LogP contribution in [-0.2, 0) is 19.4 Å². The highest BCUT2D eigenvalue weighted by Gasteiger charge is 2.69. The van der Waals surface area contributed by atoms with E-state index in [1.165, 1.54) is 0 Å². The Kier molecular flexibility index (Phi) is 2.75. The minimum atomic E-state index is -1.69. The largest absolute Gasteiger partial charge is 0.481 e. The van der Waals surface area contributed by atoms with E-state index < -0.39 is 23.1 Å². The van der Waals surface area contributed by atoms with Gasteiger partial charge in [-0.3, -0.25) is 4.79 Å². The molecule has 15 heavy (non-hydrogen) atoms. The summed E-state index contributed by atoms with van der Waals surface area (Å²) in [7, 11) is 0. The van der Waals surface area contributed by atoms with E-state index in [2.05, 4.69) is 9.78 Å². The first kappa shape index (κ1) is 11.9. The molecule has 0 aromatic heterocycles. The zero-order chi connectivity index (χ0) is 11.9. The first-order valence-electron chi connectivity index (χ1n) is 4.56. The molecular formula is C9H14O6. The van der Waals surface area contributed by atoms with Gasteiger partial charge < -0.3 is 10.2 Å². The Labute approximate surface area is 86.7 Å². The molecule has 0 aliphatic carbocycles. The molecule has 6 nitrogen and oxygen atoms in total. The number of carboxylic acids is 2. The van der Waals surface area contributed by atoms with Crippen LogP contribution in [-0.4, -0.2) is 27.9 Å². The molecule has 0 spiro atoms. The van der Waals surface area contributed by atoms with Gasteiger partial charge in [0, 0.05) is 11.8 Å². The molecule has 0 aromatic rings. The van der Waals surface area contributed by atoms with Crippen molar-refractivity contribution >= 4 is 11.9 Å². The Hall–Kier alpha value is -1.14. The van der Waals surface area contributed by atoms with Gasteiger partial charge in [-0.1, -0.05) is 20.8 Å². The minimum Gasteiger partial charge on any atom is -0.481 e. The Bertz CT molecular complexity index is 291. The number of carbonyl (C=O) groups is 2. The van der Waals surface area contributed by atoms with Crippen molar-refractivity contribution in [1.29, 1.82) is 0 Å². The number of hydrogen-bond acceptors (Lipinski definition) is 4. The maximum absolute atomic E-state index is 10.9. The van der Waals surface area contributed by atoms with Gasteiger partial charge in [-0.2, -0.15) is 9.78 Å². The number of aliphatic carboxylic acids is 2. The van der Waals surface area contributed by atoms with Gasteiger partial charge >= 0.3 is 17.7 Å². The van der Waals surface area contributed by atoms with Crippen LogP contribution < -0.4 is 0 Å². The Balaban J connectivity index is 2.82. The molecule has 6 heteroatoms. The summed E-state index contributed by atoms with van der Waals surface area (Å²) in [5.41, 5.74) is -0.906. The molecule has 2 N–H and O–H groups in total. The predicted molar refractivity (Wildman–Crippen MR) is 47.7 cm³/mol. The average Bonchev–Trinajstić information content (AvgIpc) is 2.81. The van der Waals surface area contributed by atoms with E-state index in [0.717, 1.165) is 0 Å². The fourth-order valence-electron chi connectivity index (χ4n) is 1.44. The van der Waals surface area contributed by atoms with Crippen molar-refractivity contribution in [3.05, 3.63) is 0 Å². The van der Waals surface area contributed by atoms with E-state index in [4.69, 9.17) is 10.2 Å². The second kappa shape index (κ2) is 3.46. The Morgan fingerprint density at radius 2 is 1.80 bits per heavy atom. The Morgan fingerprint density at radius 3 is 2.07 bits per heavy atom. The highest BCUT2D eigenvalue weighted by atomic mass is 17.4. The molecule has 0 amide bonds. The van der Waals surface area contributed by atoms with Crippen LogP contribution in [0.3, 0.4) is 0 Å². The van der Waals surface area contributed by atoms with Crippen LogP contribution in [0.2, 0.25) is 0 Å². The molecule has 0 aromatic carbocycles. The van der Waals surface area contributed by atoms with E-state index in [1.54, 1.807) is 20.8 Å². The highest BCUT2D eigenvalue weighted by Crippen LogP contribution is 2.51. The monoisotopic (exact) mass is 218 g/mol. The first-order chi connectivity index (χ1) is 6.74. The maximum atomic E-state index is 10.9. The van der Waals surface area contributed by atoms with Gasteiger partial charge in [-0.25, -0.2) is 4.79 Å². The molecule has 1 atom stereocenters. The van der Waals surface area contributed by atoms with Crippen LogP contribution >= 0.6 is 0 Å². The highest BCUT2D eigenvalue weighted by molar-refractivity contribution is 5.78. The van der Waals surface area contributed by atoms with Crippen LogP contribution in [0.25, 0.3) is 0 Å². The van der Waals surface area contributed by atoms with Gasteiger partial charge in [-0.05, 0) is 5.92 Å². The summed E-state index contributed by atoms with van der Waals surface area (Å²) in [5.74, 6) is -4.28. The second-order valence-corrected chi connectivity index (χ2v) is 4.31. The van der Waals surface area contributed by atoms with Crippen LogP contribution in [0.5, 0.6) is 0 Å². The molecule has 1 rings (SSSR count). The molecule has 1 unspecified atom stereocenters. The molecule has 1 heterocycles. The lowest BCUT2D eigenvalue weighted by molar-refractivity contribution is -0.153. The summed E-state index contributed by atoms with van der Waals surface area (Å²) in [6.45, 7) is 4.88. The molecule has 1 aliphatic rings. The van der Waals surface area contributed by atoms with Crippen molar-refractivity contribution < 1.29 is 29.6 Å². The SMILES string of the molecule is CC(CC(=O)O)C(C)(C)C1(C(=O)O)OO1. The zero-order valence-electron chi connectivity index (χ0n) is 8.81. The lowest BCUT2D eigenvalue weighted by Crippen LogP contribution is -2.44. The summed E-state index contributed by atoms with van der Waals surface area (Å²) in [6, 6.07) is 0. The first-order valence-corrected chi connectivity index (χ1v) is 4.56. The number of rotatable bonds is 5. The van der Waals surface area contributed by atoms with Crippen molar-refractivity contribution in [2.75, 3.05) is 0 Å². The third-order valence-corrected chi connectivity index (χ3v) is 3.09. The van der Waals surface area contributed by atoms with Gasteiger partial charge in [0.2, 0.25) is 0 Å². The van der Waals surface area contributed by atoms with Crippen molar-refractivity contribution in [2.24, 2.45) is 11.3 Å². The maximum Gasteiger partial charge on any atom is 0.370 e. The third kappa shape index (κ3) is 1.82. The van der Waals surface area contributed by atoms with Crippen LogP contribution in [0.15, 0.2) is 0 Å². The summed E-state index contributed by atoms with van der Waals surface area (Å²) in [5, 5.41) is 17.6. The molecule has 1 saturated heterocycles. The molecule has 1 aliphatic heterocycles. The Morgan fingerprint density at radius 1 is 1.33 bits per heavy atom. The summed E-state index contributed by atoms with van der Waals surface area (Å²) in [4.78, 5) is 30.5. The third-order valence-electron chi connectivity index (χ3n) is 3.09. The summed E-state index contributed by atoms with van der Waals surface area (Å²) >= 11 is 0. The van der Waals surface area contributed by atoms with E-state index in [-0.39, 0.29) is 12.3 Å². The molecule has 86 valence electrons. The topological polar surface area (TPSA) is 99.7 Å². The average molecular weight is 218 g/mol. The smallest absolute Gasteiger partial charge is 0.370 e. The normalized spacial score (nSPS) is 20.7. The standard InChI is InChI=1S/C9H14O6/c1-5(4-6(10)11)8(2,3)9(7(12)13)14-15-9/h5H,4H2,1-3H3,(H,10,11)(H,12,13). The van der Waals surface area contributed by atoms with Crippen molar-refractivity contribution in [2.45, 2.75) is 33.0 Å². The van der Waals surface area contributed by atoms with Crippen molar-refractivity contribution in [3.8, 4) is 0 Å². The van der Waals surface area contributed by atoms with Gasteiger partial charge in [0.15, 0.2) is 0 Å². The van der Waals surface area contributed by atoms with Crippen LogP contribution in [0.1, 0.15) is 27.2 Å². The van der Waals surface area contributed by atoms with Crippen molar-refractivity contribution in [3.63, 3.8) is 0 Å². The van der Waals surface area contributed by atoms with Gasteiger partial charge in [0.25, 0.3) is 0 Å². The van der Waals surface area contributed by atoms with Crippen LogP contribution in [0.4, 0.5) is 0 Å². The van der Waals surface area contributed by atoms with E-state index in [0.29, 0.717) is 0 Å². The fraction of sp³-hybridized carbons (Fsp3) is 0.778. The van der Waals surface area contributed by atoms with Crippen molar-refractivity contribution in [1.82, 2.24) is 0 Å². The number of carboxylic acid groups (broad SMARTS) is 2. The van der Waals surface area contributed by atoms with E-state index >= 15 is 0 Å². The van der Waals surface area contributed by atoms with Gasteiger partial charge in [0.05, 0.1) is 0 Å². The molecule has 0 bridgehead atoms. The van der Waals surface area contributed by atoms with Crippen LogP contribution in [0, 0.1) is 11.3 Å². The molecule has 1 fully saturated rings. The van der Waals surface area contributed by atoms with E-state index in [1.807, 2.05) is 0 Å². The van der Waals surface area contributed by atoms with E-state index in [9.17, 15) is 9.59 Å². The summed E-state index contributed by atoms with van der Waals surface area (Å²) < 4.78 is 0. The predicted octanol–water partition coefficient (Wildman–Crippen LogP) is 0.866.